The normalized spacial score (nSPS) is 13.8. The van der Waals surface area contributed by atoms with Gasteiger partial charge in [0.2, 0.25) is 5.91 Å². The zero-order chi connectivity index (χ0) is 41.7. The van der Waals surface area contributed by atoms with E-state index in [1.807, 2.05) is 24.3 Å². The molecular weight excluding hydrogens is 707 g/mol. The minimum absolute atomic E-state index is 0.0485. The van der Waals surface area contributed by atoms with E-state index in [0.717, 1.165) is 70.6 Å². The van der Waals surface area contributed by atoms with Crippen LogP contribution in [0.2, 0.25) is 0 Å². The number of carbonyl (C=O) groups is 2. The largest absolute Gasteiger partial charge is 0.462 e. The maximum absolute atomic E-state index is 13.1. The van der Waals surface area contributed by atoms with Crippen LogP contribution in [0.3, 0.4) is 0 Å². The first-order chi connectivity index (χ1) is 28.0. The van der Waals surface area contributed by atoms with Crippen molar-refractivity contribution in [3.63, 3.8) is 0 Å². The summed E-state index contributed by atoms with van der Waals surface area (Å²) in [5.41, 5.74) is 0. The summed E-state index contributed by atoms with van der Waals surface area (Å²) >= 11 is 0. The monoisotopic (exact) mass is 798 g/mol. The molecule has 57 heavy (non-hydrogen) atoms. The minimum atomic E-state index is -0.798. The molecule has 0 aromatic carbocycles. The molecule has 1 amide bonds. The van der Waals surface area contributed by atoms with E-state index in [-0.39, 0.29) is 24.9 Å². The second-order valence-corrected chi connectivity index (χ2v) is 16.2. The molecule has 0 bridgehead atoms. The van der Waals surface area contributed by atoms with E-state index in [1.165, 1.54) is 109 Å². The second kappa shape index (κ2) is 44.7. The number of aliphatic hydroxyl groups excluding tert-OH is 2. The summed E-state index contributed by atoms with van der Waals surface area (Å²) in [5.74, 6) is -0.520. The highest BCUT2D eigenvalue weighted by Gasteiger charge is 2.24. The number of unbranched alkanes of at least 4 members (excludes halogenated alkanes) is 23. The summed E-state index contributed by atoms with van der Waals surface area (Å²) in [6.07, 6.45) is 54.2. The van der Waals surface area contributed by atoms with E-state index in [4.69, 9.17) is 4.74 Å². The van der Waals surface area contributed by atoms with Crippen molar-refractivity contribution in [2.24, 2.45) is 0 Å². The Labute approximate surface area is 352 Å². The lowest BCUT2D eigenvalue weighted by atomic mass is 10.0. The van der Waals surface area contributed by atoms with E-state index in [2.05, 4.69) is 62.5 Å². The Bertz CT molecular complexity index is 1030. The number of allylic oxidation sites excluding steroid dienone is 10. The highest BCUT2D eigenvalue weighted by atomic mass is 16.5. The average Bonchev–Trinajstić information content (AvgIpc) is 3.20. The molecule has 0 spiro atoms. The van der Waals surface area contributed by atoms with Gasteiger partial charge in [-0.2, -0.15) is 0 Å². The van der Waals surface area contributed by atoms with Crippen LogP contribution >= 0.6 is 0 Å². The zero-order valence-corrected chi connectivity index (χ0v) is 37.5. The summed E-state index contributed by atoms with van der Waals surface area (Å²) in [5, 5.41) is 23.6. The third-order valence-electron chi connectivity index (χ3n) is 10.7. The Kier molecular flexibility index (Phi) is 42.7. The van der Waals surface area contributed by atoms with Crippen molar-refractivity contribution in [1.29, 1.82) is 0 Å². The highest BCUT2D eigenvalue weighted by molar-refractivity contribution is 5.77. The molecule has 0 fully saturated rings. The molecular formula is C51H91NO5. The predicted molar refractivity (Wildman–Crippen MR) is 245 cm³/mol. The Balaban J connectivity index is 4.66. The topological polar surface area (TPSA) is 95.9 Å². The summed E-state index contributed by atoms with van der Waals surface area (Å²) in [6, 6.07) is -0.715. The van der Waals surface area contributed by atoms with Crippen molar-refractivity contribution >= 4 is 11.9 Å². The number of amides is 1. The molecule has 330 valence electrons. The van der Waals surface area contributed by atoms with Crippen molar-refractivity contribution in [3.05, 3.63) is 60.8 Å². The number of nitrogens with one attached hydrogen (secondary N) is 1. The van der Waals surface area contributed by atoms with Gasteiger partial charge in [0.25, 0.3) is 0 Å². The standard InChI is InChI=1S/C51H91NO5/c1-4-7-10-13-16-19-22-24-25-27-29-32-35-38-41-44-51(56)57-47(42-39-36-33-30-28-26-23-20-17-14-11-8-5-2)45-50(55)52-48(46-53)49(54)43-40-37-34-31-21-18-15-12-9-6-3/h8,11,14,17,19-20,22-23,26,28,47-49,53-54H,4-7,9-10,12-13,15-16,18,21,24-25,27,29-46H2,1-3H3,(H,52,55)/b11-8+,17-14+,22-19-,23-20+,28-26-. The van der Waals surface area contributed by atoms with Crippen LogP contribution in [-0.2, 0) is 14.3 Å². The fourth-order valence-corrected chi connectivity index (χ4v) is 7.02. The Morgan fingerprint density at radius 3 is 1.53 bits per heavy atom. The molecule has 0 aliphatic heterocycles. The van der Waals surface area contributed by atoms with Crippen LogP contribution in [0.4, 0.5) is 0 Å². The van der Waals surface area contributed by atoms with Gasteiger partial charge >= 0.3 is 5.97 Å². The van der Waals surface area contributed by atoms with Gasteiger partial charge in [0.15, 0.2) is 0 Å². The summed E-state index contributed by atoms with van der Waals surface area (Å²) in [4.78, 5) is 26.0. The maximum atomic E-state index is 13.1. The van der Waals surface area contributed by atoms with Gasteiger partial charge in [0.1, 0.15) is 6.10 Å². The van der Waals surface area contributed by atoms with E-state index < -0.39 is 18.2 Å². The van der Waals surface area contributed by atoms with E-state index >= 15 is 0 Å². The van der Waals surface area contributed by atoms with Gasteiger partial charge in [-0.25, -0.2) is 0 Å². The van der Waals surface area contributed by atoms with Crippen molar-refractivity contribution in [3.8, 4) is 0 Å². The zero-order valence-electron chi connectivity index (χ0n) is 37.5. The van der Waals surface area contributed by atoms with Gasteiger partial charge < -0.3 is 20.3 Å². The fourth-order valence-electron chi connectivity index (χ4n) is 7.02. The lowest BCUT2D eigenvalue weighted by Crippen LogP contribution is -2.46. The number of esters is 1. The Morgan fingerprint density at radius 1 is 0.526 bits per heavy atom. The number of ether oxygens (including phenoxy) is 1. The number of aliphatic hydroxyl groups is 2. The van der Waals surface area contributed by atoms with Crippen LogP contribution in [0, 0.1) is 0 Å². The first-order valence-corrected chi connectivity index (χ1v) is 24.1. The molecule has 3 atom stereocenters. The molecule has 0 saturated heterocycles. The van der Waals surface area contributed by atoms with Crippen molar-refractivity contribution in [1.82, 2.24) is 5.32 Å². The van der Waals surface area contributed by atoms with Crippen LogP contribution in [0.25, 0.3) is 0 Å². The number of hydrogen-bond donors (Lipinski definition) is 3. The third kappa shape index (κ3) is 40.1. The lowest BCUT2D eigenvalue weighted by molar-refractivity contribution is -0.151. The molecule has 0 saturated carbocycles. The first-order valence-electron chi connectivity index (χ1n) is 24.1. The van der Waals surface area contributed by atoms with Gasteiger partial charge in [-0.3, -0.25) is 9.59 Å². The van der Waals surface area contributed by atoms with E-state index in [1.54, 1.807) is 0 Å². The van der Waals surface area contributed by atoms with E-state index in [9.17, 15) is 19.8 Å². The molecule has 0 heterocycles. The highest BCUT2D eigenvalue weighted by Crippen LogP contribution is 2.17. The van der Waals surface area contributed by atoms with E-state index in [0.29, 0.717) is 19.3 Å². The SMILES string of the molecule is CC/C=C/C=C/C=C/C=C\CCCCCC(CC(=O)NC(CO)C(O)CCCCCCCCCCCC)OC(=O)CCCCCCCCC/C=C\CCCCCC. The van der Waals surface area contributed by atoms with Gasteiger partial charge in [-0.1, -0.05) is 204 Å². The van der Waals surface area contributed by atoms with Crippen LogP contribution in [0.1, 0.15) is 226 Å². The first kappa shape index (κ1) is 54.6. The number of carbonyl (C=O) groups excluding carboxylic acids is 2. The van der Waals surface area contributed by atoms with Crippen molar-refractivity contribution in [2.45, 2.75) is 244 Å². The fraction of sp³-hybridized carbons (Fsp3) is 0.765. The van der Waals surface area contributed by atoms with Gasteiger partial charge in [0, 0.05) is 6.42 Å². The van der Waals surface area contributed by atoms with Crippen LogP contribution < -0.4 is 5.32 Å². The van der Waals surface area contributed by atoms with Gasteiger partial charge in [0.05, 0.1) is 25.2 Å². The van der Waals surface area contributed by atoms with Gasteiger partial charge in [-0.05, 0) is 70.6 Å². The lowest BCUT2D eigenvalue weighted by Gasteiger charge is -2.24. The molecule has 0 aromatic heterocycles. The molecule has 0 aliphatic rings. The quantitative estimate of drug-likeness (QED) is 0.0247. The molecule has 0 rings (SSSR count). The summed E-state index contributed by atoms with van der Waals surface area (Å²) in [6.45, 7) is 6.30. The molecule has 0 aliphatic carbocycles. The number of hydrogen-bond acceptors (Lipinski definition) is 5. The number of rotatable bonds is 42. The average molecular weight is 798 g/mol. The van der Waals surface area contributed by atoms with Crippen LogP contribution in [-0.4, -0.2) is 46.9 Å². The third-order valence-corrected chi connectivity index (χ3v) is 10.7. The molecule has 0 aromatic rings. The van der Waals surface area contributed by atoms with Crippen LogP contribution in [0.5, 0.6) is 0 Å². The summed E-state index contributed by atoms with van der Waals surface area (Å²) < 4.78 is 5.90. The minimum Gasteiger partial charge on any atom is -0.462 e. The molecule has 6 nitrogen and oxygen atoms in total. The second-order valence-electron chi connectivity index (χ2n) is 16.2. The summed E-state index contributed by atoms with van der Waals surface area (Å²) in [7, 11) is 0. The molecule has 3 N–H and O–H groups in total. The molecule has 6 heteroatoms. The maximum Gasteiger partial charge on any atom is 0.306 e. The smallest absolute Gasteiger partial charge is 0.306 e. The van der Waals surface area contributed by atoms with Crippen molar-refractivity contribution in [2.75, 3.05) is 6.61 Å². The van der Waals surface area contributed by atoms with Crippen molar-refractivity contribution < 1.29 is 24.5 Å². The molecule has 0 radical (unpaired) electrons. The predicted octanol–water partition coefficient (Wildman–Crippen LogP) is 14.1. The Hall–Kier alpha value is -2.44. The molecule has 3 unspecified atom stereocenters. The van der Waals surface area contributed by atoms with Crippen LogP contribution in [0.15, 0.2) is 60.8 Å². The van der Waals surface area contributed by atoms with Gasteiger partial charge in [-0.15, -0.1) is 0 Å². The Morgan fingerprint density at radius 2 is 0.965 bits per heavy atom.